The van der Waals surface area contributed by atoms with Crippen LogP contribution >= 0.6 is 12.2 Å². The van der Waals surface area contributed by atoms with Crippen molar-refractivity contribution in [2.45, 2.75) is 44.1 Å². The van der Waals surface area contributed by atoms with Crippen LogP contribution in [0.1, 0.15) is 42.4 Å². The van der Waals surface area contributed by atoms with Crippen LogP contribution in [0.3, 0.4) is 0 Å². The lowest BCUT2D eigenvalue weighted by molar-refractivity contribution is -0.137. The van der Waals surface area contributed by atoms with Gasteiger partial charge in [0.15, 0.2) is 0 Å². The molecule has 0 spiro atoms. The Morgan fingerprint density at radius 1 is 1.00 bits per heavy atom. The van der Waals surface area contributed by atoms with E-state index in [1.54, 1.807) is 18.3 Å². The van der Waals surface area contributed by atoms with Crippen molar-refractivity contribution < 1.29 is 22.6 Å². The number of pyridine rings is 1. The molecule has 1 saturated heterocycles. The van der Waals surface area contributed by atoms with E-state index in [4.69, 9.17) is 32.2 Å². The molecule has 1 aromatic heterocycles. The quantitative estimate of drug-likeness (QED) is 0.498. The molecule has 2 aromatic rings. The minimum Gasteiger partial charge on any atom is -0.490 e. The van der Waals surface area contributed by atoms with Crippen molar-refractivity contribution in [3.05, 3.63) is 53.2 Å². The molecule has 11 heteroatoms. The monoisotopic (exact) mass is 529 g/mol. The summed E-state index contributed by atoms with van der Waals surface area (Å²) >= 11 is 5.59. The van der Waals surface area contributed by atoms with Crippen molar-refractivity contribution in [3.8, 4) is 17.9 Å². The van der Waals surface area contributed by atoms with Gasteiger partial charge in [-0.2, -0.15) is 23.7 Å². The lowest BCUT2D eigenvalue weighted by Crippen LogP contribution is -2.49. The summed E-state index contributed by atoms with van der Waals surface area (Å²) in [6, 6.07) is 10.7. The molecule has 1 aliphatic carbocycles. The van der Waals surface area contributed by atoms with Crippen molar-refractivity contribution in [2.24, 2.45) is 0 Å². The molecule has 2 heterocycles. The third-order valence-corrected chi connectivity index (χ3v) is 6.99. The Morgan fingerprint density at radius 3 is 2.30 bits per heavy atom. The molecule has 0 bridgehead atoms. The van der Waals surface area contributed by atoms with Gasteiger partial charge in [-0.1, -0.05) is 12.2 Å². The molecule has 0 atom stereocenters. The first-order chi connectivity index (χ1) is 17.8. The number of halogens is 3. The van der Waals surface area contributed by atoms with E-state index >= 15 is 0 Å². The Labute approximate surface area is 219 Å². The summed E-state index contributed by atoms with van der Waals surface area (Å²) in [5, 5.41) is 17.9. The van der Waals surface area contributed by atoms with E-state index < -0.39 is 17.3 Å². The third kappa shape index (κ3) is 6.88. The zero-order valence-electron chi connectivity index (χ0n) is 20.1. The van der Waals surface area contributed by atoms with Crippen LogP contribution in [0.15, 0.2) is 36.5 Å². The fourth-order valence-electron chi connectivity index (χ4n) is 4.54. The zero-order valence-corrected chi connectivity index (χ0v) is 20.9. The summed E-state index contributed by atoms with van der Waals surface area (Å²) in [4.78, 5) is 9.40. The fraction of sp³-hybridized carbons (Fsp3) is 0.462. The number of hydrogen-bond donors (Lipinski definition) is 0. The van der Waals surface area contributed by atoms with E-state index in [0.717, 1.165) is 62.0 Å². The first-order valence-corrected chi connectivity index (χ1v) is 12.5. The number of benzene rings is 1. The topological polar surface area (TPSA) is 85.4 Å². The lowest BCUT2D eigenvalue weighted by atomic mass is 9.95. The molecule has 7 nitrogen and oxygen atoms in total. The molecule has 0 radical (unpaired) electrons. The van der Waals surface area contributed by atoms with Crippen molar-refractivity contribution in [1.82, 2.24) is 9.88 Å². The maximum absolute atomic E-state index is 13.2. The minimum absolute atomic E-state index is 0.0219. The molecule has 2 fully saturated rings. The maximum atomic E-state index is 13.2. The Morgan fingerprint density at radius 2 is 1.70 bits per heavy atom. The standard InChI is InChI=1S/C26H26F3N5O2S/c27-26(28,29)23-13-22(3-2-19(23)15-31)36-21-6-4-20(5-7-21)35-17-25(37)34-11-9-33(10-12-34)24-8-1-18(14-30)16-32-24/h1-3,8,13,16,20-21H,4-7,9-12,17H2. The highest BCUT2D eigenvalue weighted by atomic mass is 32.1. The molecule has 1 aromatic carbocycles. The number of aromatic nitrogens is 1. The Bertz CT molecular complexity index is 1180. The highest BCUT2D eigenvalue weighted by Crippen LogP contribution is 2.35. The molecule has 0 unspecified atom stereocenters. The SMILES string of the molecule is N#Cc1ccc(N2CCN(C(=S)COC3CCC(Oc4ccc(C#N)c(C(F)(F)F)c4)CC3)CC2)nc1. The number of alkyl halides is 3. The molecule has 37 heavy (non-hydrogen) atoms. The molecule has 1 saturated carbocycles. The number of rotatable bonds is 6. The Hall–Kier alpha value is -3.41. The van der Waals surface area contributed by atoms with Crippen LogP contribution in [-0.2, 0) is 10.9 Å². The van der Waals surface area contributed by atoms with Gasteiger partial charge in [0.1, 0.15) is 22.6 Å². The first-order valence-electron chi connectivity index (χ1n) is 12.1. The number of hydrogen-bond acceptors (Lipinski definition) is 7. The van der Waals surface area contributed by atoms with Crippen LogP contribution in [-0.4, -0.2) is 59.9 Å². The van der Waals surface area contributed by atoms with E-state index in [-0.39, 0.29) is 18.0 Å². The van der Waals surface area contributed by atoms with Crippen molar-refractivity contribution >= 4 is 23.0 Å². The van der Waals surface area contributed by atoms with Crippen LogP contribution in [0.5, 0.6) is 5.75 Å². The summed E-state index contributed by atoms with van der Waals surface area (Å²) in [6.07, 6.45) is -0.435. The smallest absolute Gasteiger partial charge is 0.417 e. The maximum Gasteiger partial charge on any atom is 0.417 e. The summed E-state index contributed by atoms with van der Waals surface area (Å²) in [6.45, 7) is 3.41. The van der Waals surface area contributed by atoms with Crippen LogP contribution in [0.2, 0.25) is 0 Å². The van der Waals surface area contributed by atoms with Gasteiger partial charge in [-0.25, -0.2) is 4.98 Å². The van der Waals surface area contributed by atoms with Gasteiger partial charge in [0.2, 0.25) is 0 Å². The predicted octanol–water partition coefficient (Wildman–Crippen LogP) is 4.70. The number of thiocarbonyl (C=S) groups is 1. The number of nitrogens with zero attached hydrogens (tertiary/aromatic N) is 5. The van der Waals surface area contributed by atoms with Crippen LogP contribution < -0.4 is 9.64 Å². The van der Waals surface area contributed by atoms with Gasteiger partial charge in [0, 0.05) is 32.4 Å². The van der Waals surface area contributed by atoms with Crippen molar-refractivity contribution in [2.75, 3.05) is 37.7 Å². The predicted molar refractivity (Wildman–Crippen MR) is 134 cm³/mol. The van der Waals surface area contributed by atoms with E-state index in [9.17, 15) is 13.2 Å². The second kappa shape index (κ2) is 11.8. The molecule has 1 aliphatic heterocycles. The average molecular weight is 530 g/mol. The largest absolute Gasteiger partial charge is 0.490 e. The Balaban J connectivity index is 1.19. The minimum atomic E-state index is -4.61. The second-order valence-electron chi connectivity index (χ2n) is 9.03. The average Bonchev–Trinajstić information content (AvgIpc) is 2.92. The van der Waals surface area contributed by atoms with Crippen molar-refractivity contribution in [1.29, 1.82) is 10.5 Å². The van der Waals surface area contributed by atoms with Gasteiger partial charge in [-0.3, -0.25) is 0 Å². The summed E-state index contributed by atoms with van der Waals surface area (Å²) in [7, 11) is 0. The molecule has 0 N–H and O–H groups in total. The van der Waals surface area contributed by atoms with Gasteiger partial charge in [-0.15, -0.1) is 0 Å². The zero-order chi connectivity index (χ0) is 26.4. The van der Waals surface area contributed by atoms with E-state index in [1.165, 1.54) is 6.07 Å². The number of nitriles is 2. The van der Waals surface area contributed by atoms with Crippen molar-refractivity contribution in [3.63, 3.8) is 0 Å². The van der Waals surface area contributed by atoms with Gasteiger partial charge in [0.25, 0.3) is 0 Å². The Kier molecular flexibility index (Phi) is 8.47. The normalized spacial score (nSPS) is 20.1. The first kappa shape index (κ1) is 26.6. The number of ether oxygens (including phenoxy) is 2. The summed E-state index contributed by atoms with van der Waals surface area (Å²) in [5.74, 6) is 0.961. The summed E-state index contributed by atoms with van der Waals surface area (Å²) in [5.41, 5.74) is -0.863. The molecule has 0 amide bonds. The van der Waals surface area contributed by atoms with Crippen LogP contribution in [0.4, 0.5) is 19.0 Å². The molecular weight excluding hydrogens is 503 g/mol. The van der Waals surface area contributed by atoms with Crippen LogP contribution in [0, 0.1) is 22.7 Å². The second-order valence-corrected chi connectivity index (χ2v) is 9.50. The third-order valence-electron chi connectivity index (χ3n) is 6.62. The number of anilines is 1. The number of piperazine rings is 1. The molecule has 4 rings (SSSR count). The van der Waals surface area contributed by atoms with E-state index in [0.29, 0.717) is 25.0 Å². The summed E-state index contributed by atoms with van der Waals surface area (Å²) < 4.78 is 51.4. The van der Waals surface area contributed by atoms with Crippen LogP contribution in [0.25, 0.3) is 0 Å². The van der Waals surface area contributed by atoms with Gasteiger partial charge in [-0.05, 0) is 56.0 Å². The fourth-order valence-corrected chi connectivity index (χ4v) is 4.79. The highest BCUT2D eigenvalue weighted by molar-refractivity contribution is 7.80. The molecule has 2 aliphatic rings. The molecule has 194 valence electrons. The molecular formula is C26H26F3N5O2S. The van der Waals surface area contributed by atoms with E-state index in [1.807, 2.05) is 6.07 Å². The lowest BCUT2D eigenvalue weighted by Gasteiger charge is -2.37. The van der Waals surface area contributed by atoms with Gasteiger partial charge < -0.3 is 19.3 Å². The van der Waals surface area contributed by atoms with Gasteiger partial charge in [0.05, 0.1) is 41.6 Å². The highest BCUT2D eigenvalue weighted by Gasteiger charge is 2.34. The van der Waals surface area contributed by atoms with Gasteiger partial charge >= 0.3 is 6.18 Å². The van der Waals surface area contributed by atoms with E-state index in [2.05, 4.69) is 20.9 Å².